The second kappa shape index (κ2) is 6.17. The van der Waals surface area contributed by atoms with Gasteiger partial charge < -0.3 is 15.8 Å². The smallest absolute Gasteiger partial charge is 0.187 e. The Bertz CT molecular complexity index is 674. The largest absolute Gasteiger partial charge is 0.409 e. The Kier molecular flexibility index (Phi) is 4.32. The van der Waals surface area contributed by atoms with Gasteiger partial charge in [-0.1, -0.05) is 24.2 Å². The molecule has 0 radical (unpaired) electrons. The number of halogens is 1. The van der Waals surface area contributed by atoms with Crippen LogP contribution in [0.4, 0.5) is 15.9 Å². The predicted octanol–water partition coefficient (Wildman–Crippen LogP) is 2.04. The molecule has 0 bridgehead atoms. The van der Waals surface area contributed by atoms with Crippen LogP contribution in [-0.2, 0) is 6.42 Å². The number of hydrogen-bond acceptors (Lipinski definition) is 5. The second-order valence-corrected chi connectivity index (χ2v) is 4.37. The van der Waals surface area contributed by atoms with Crippen LogP contribution in [0.1, 0.15) is 18.2 Å². The van der Waals surface area contributed by atoms with Gasteiger partial charge in [0.2, 0.25) is 0 Å². The van der Waals surface area contributed by atoms with Crippen molar-refractivity contribution in [2.24, 2.45) is 10.9 Å². The molecule has 0 saturated carbocycles. The van der Waals surface area contributed by atoms with Crippen molar-refractivity contribution in [2.45, 2.75) is 13.3 Å². The summed E-state index contributed by atoms with van der Waals surface area (Å²) in [5.74, 6) is -0.389. The Morgan fingerprint density at radius 1 is 1.38 bits per heavy atom. The van der Waals surface area contributed by atoms with Gasteiger partial charge in [0, 0.05) is 12.6 Å². The first-order valence-electron chi connectivity index (χ1n) is 6.40. The van der Waals surface area contributed by atoms with Gasteiger partial charge in [-0.3, -0.25) is 0 Å². The van der Waals surface area contributed by atoms with E-state index >= 15 is 0 Å². The van der Waals surface area contributed by atoms with Crippen molar-refractivity contribution in [3.05, 3.63) is 47.7 Å². The van der Waals surface area contributed by atoms with Crippen LogP contribution >= 0.6 is 0 Å². The number of nitrogens with two attached hydrogens (primary N) is 1. The number of nitrogens with zero attached hydrogens (tertiary/aromatic N) is 4. The summed E-state index contributed by atoms with van der Waals surface area (Å²) >= 11 is 0. The Labute approximate surface area is 121 Å². The summed E-state index contributed by atoms with van der Waals surface area (Å²) in [4.78, 5) is 9.44. The highest BCUT2D eigenvalue weighted by atomic mass is 19.1. The topological polar surface area (TPSA) is 87.6 Å². The molecule has 1 aromatic heterocycles. The van der Waals surface area contributed by atoms with Crippen molar-refractivity contribution in [3.63, 3.8) is 0 Å². The fourth-order valence-corrected chi connectivity index (χ4v) is 2.03. The monoisotopic (exact) mass is 289 g/mol. The minimum absolute atomic E-state index is 0.0531. The van der Waals surface area contributed by atoms with E-state index in [-0.39, 0.29) is 11.7 Å². The number of aryl methyl sites for hydroxylation is 1. The van der Waals surface area contributed by atoms with E-state index < -0.39 is 5.82 Å². The highest BCUT2D eigenvalue weighted by molar-refractivity contribution is 6.02. The summed E-state index contributed by atoms with van der Waals surface area (Å²) in [7, 11) is 1.66. The molecule has 0 aliphatic heterocycles. The van der Waals surface area contributed by atoms with Crippen molar-refractivity contribution < 1.29 is 9.60 Å². The van der Waals surface area contributed by atoms with Crippen molar-refractivity contribution in [1.29, 1.82) is 0 Å². The molecule has 7 heteroatoms. The summed E-state index contributed by atoms with van der Waals surface area (Å²) in [6, 6.07) is 6.94. The van der Waals surface area contributed by atoms with Gasteiger partial charge in [-0.25, -0.2) is 14.4 Å². The normalized spacial score (nSPS) is 11.5. The summed E-state index contributed by atoms with van der Waals surface area (Å²) in [6.45, 7) is 1.82. The van der Waals surface area contributed by atoms with E-state index in [0.717, 1.165) is 0 Å². The number of amidine groups is 1. The zero-order chi connectivity index (χ0) is 15.4. The molecule has 1 heterocycles. The molecule has 0 saturated heterocycles. The van der Waals surface area contributed by atoms with Gasteiger partial charge in [0.1, 0.15) is 6.33 Å². The average molecular weight is 289 g/mol. The van der Waals surface area contributed by atoms with Crippen LogP contribution in [0.5, 0.6) is 0 Å². The number of rotatable bonds is 4. The number of oxime groups is 1. The standard InChI is InChI=1S/C14H16FN5O/c1-3-10-12(15)14(18-8-17-10)20(2)11-7-5-4-6-9(11)13(16)19-21/h4-8,21H,3H2,1-2H3,(H2,16,19). The third-order valence-corrected chi connectivity index (χ3v) is 3.14. The maximum Gasteiger partial charge on any atom is 0.187 e. The first-order valence-corrected chi connectivity index (χ1v) is 6.40. The molecule has 3 N–H and O–H groups in total. The molecule has 0 aliphatic carbocycles. The van der Waals surface area contributed by atoms with Crippen LogP contribution in [0.2, 0.25) is 0 Å². The van der Waals surface area contributed by atoms with Gasteiger partial charge in [0.05, 0.1) is 11.4 Å². The average Bonchev–Trinajstić information content (AvgIpc) is 2.53. The Morgan fingerprint density at radius 2 is 2.10 bits per heavy atom. The predicted molar refractivity (Wildman–Crippen MR) is 78.4 cm³/mol. The Morgan fingerprint density at radius 3 is 2.76 bits per heavy atom. The molecule has 0 fully saturated rings. The lowest BCUT2D eigenvalue weighted by Crippen LogP contribution is -2.21. The fourth-order valence-electron chi connectivity index (χ4n) is 2.03. The highest BCUT2D eigenvalue weighted by Crippen LogP contribution is 2.28. The van der Waals surface area contributed by atoms with Crippen molar-refractivity contribution in [3.8, 4) is 0 Å². The van der Waals surface area contributed by atoms with Crippen LogP contribution < -0.4 is 10.6 Å². The van der Waals surface area contributed by atoms with Crippen molar-refractivity contribution in [1.82, 2.24) is 9.97 Å². The molecule has 0 aliphatic rings. The molecule has 0 amide bonds. The number of para-hydroxylation sites is 1. The lowest BCUT2D eigenvalue weighted by atomic mass is 10.1. The lowest BCUT2D eigenvalue weighted by molar-refractivity contribution is 0.318. The van der Waals surface area contributed by atoms with Gasteiger partial charge in [-0.05, 0) is 18.6 Å². The van der Waals surface area contributed by atoms with Gasteiger partial charge in [0.15, 0.2) is 17.5 Å². The number of aromatic nitrogens is 2. The minimum Gasteiger partial charge on any atom is -0.409 e. The molecule has 0 atom stereocenters. The molecular formula is C14H16FN5O. The highest BCUT2D eigenvalue weighted by Gasteiger charge is 2.18. The fraction of sp³-hybridized carbons (Fsp3) is 0.214. The molecule has 0 spiro atoms. The third-order valence-electron chi connectivity index (χ3n) is 3.14. The summed E-state index contributed by atoms with van der Waals surface area (Å²) in [5, 5.41) is 11.8. The van der Waals surface area contributed by atoms with Gasteiger partial charge >= 0.3 is 0 Å². The van der Waals surface area contributed by atoms with Crippen LogP contribution in [-0.4, -0.2) is 28.1 Å². The summed E-state index contributed by atoms with van der Waals surface area (Å²) in [6.07, 6.45) is 1.79. The zero-order valence-corrected chi connectivity index (χ0v) is 11.8. The number of benzene rings is 1. The van der Waals surface area contributed by atoms with Crippen LogP contribution in [0.25, 0.3) is 0 Å². The van der Waals surface area contributed by atoms with E-state index in [9.17, 15) is 4.39 Å². The van der Waals surface area contributed by atoms with Gasteiger partial charge in [-0.2, -0.15) is 0 Å². The molecular weight excluding hydrogens is 273 g/mol. The van der Waals surface area contributed by atoms with Crippen LogP contribution in [0.15, 0.2) is 35.7 Å². The van der Waals surface area contributed by atoms with E-state index in [2.05, 4.69) is 15.1 Å². The first-order chi connectivity index (χ1) is 10.1. The maximum atomic E-state index is 14.3. The molecule has 2 aromatic rings. The second-order valence-electron chi connectivity index (χ2n) is 4.37. The Balaban J connectivity index is 2.53. The van der Waals surface area contributed by atoms with E-state index in [1.807, 2.05) is 6.92 Å². The lowest BCUT2D eigenvalue weighted by Gasteiger charge is -2.21. The maximum absolute atomic E-state index is 14.3. The molecule has 0 unspecified atom stereocenters. The van der Waals surface area contributed by atoms with E-state index in [1.54, 1.807) is 36.2 Å². The quantitative estimate of drug-likeness (QED) is 0.389. The van der Waals surface area contributed by atoms with Crippen LogP contribution in [0, 0.1) is 5.82 Å². The molecule has 1 aromatic carbocycles. The third kappa shape index (κ3) is 2.76. The summed E-state index contributed by atoms with van der Waals surface area (Å²) in [5.41, 5.74) is 7.05. The Hall–Kier alpha value is -2.70. The molecule has 110 valence electrons. The van der Waals surface area contributed by atoms with Crippen LogP contribution in [0.3, 0.4) is 0 Å². The van der Waals surface area contributed by atoms with Crippen molar-refractivity contribution >= 4 is 17.3 Å². The number of anilines is 2. The van der Waals surface area contributed by atoms with E-state index in [1.165, 1.54) is 6.33 Å². The number of hydrogen-bond donors (Lipinski definition) is 2. The van der Waals surface area contributed by atoms with E-state index in [0.29, 0.717) is 23.4 Å². The first kappa shape index (κ1) is 14.7. The van der Waals surface area contributed by atoms with Crippen molar-refractivity contribution in [2.75, 3.05) is 11.9 Å². The van der Waals surface area contributed by atoms with E-state index in [4.69, 9.17) is 10.9 Å². The molecule has 2 rings (SSSR count). The molecule has 21 heavy (non-hydrogen) atoms. The van der Waals surface area contributed by atoms with Gasteiger partial charge in [-0.15, -0.1) is 0 Å². The van der Waals surface area contributed by atoms with Gasteiger partial charge in [0.25, 0.3) is 0 Å². The summed E-state index contributed by atoms with van der Waals surface area (Å²) < 4.78 is 14.3. The SMILES string of the molecule is CCc1ncnc(N(C)c2ccccc2/C(N)=N/O)c1F. The minimum atomic E-state index is -0.475. The molecule has 6 nitrogen and oxygen atoms in total. The zero-order valence-electron chi connectivity index (χ0n) is 11.8.